The molecule has 16 heavy (non-hydrogen) atoms. The van der Waals surface area contributed by atoms with Crippen molar-refractivity contribution in [2.24, 2.45) is 0 Å². The van der Waals surface area contributed by atoms with E-state index in [2.05, 4.69) is 21.3 Å². The minimum Gasteiger partial charge on any atom is -0.463 e. The number of hydrogen-bond acceptors (Lipinski definition) is 6. The first-order chi connectivity index (χ1) is 7.40. The van der Waals surface area contributed by atoms with Crippen LogP contribution in [0.4, 0.5) is 0 Å². The third-order valence-electron chi connectivity index (χ3n) is 1.71. The van der Waals surface area contributed by atoms with Gasteiger partial charge in [-0.15, -0.1) is 0 Å². The first kappa shape index (κ1) is 12.3. The van der Waals surface area contributed by atoms with E-state index in [0.717, 1.165) is 12.5 Å². The van der Waals surface area contributed by atoms with Crippen molar-refractivity contribution in [3.05, 3.63) is 29.6 Å². The molecular weight excluding hydrogens is 232 g/mol. The third-order valence-corrected chi connectivity index (χ3v) is 2.94. The molecule has 0 amide bonds. The molecule has 1 rings (SSSR count). The fourth-order valence-electron chi connectivity index (χ4n) is 0.953. The average molecular weight is 242 g/mol. The number of aromatic nitrogens is 2. The number of ether oxygens (including phenoxy) is 1. The molecular formula is C9H10N2O4S. The van der Waals surface area contributed by atoms with E-state index in [9.17, 15) is 13.2 Å². The van der Waals surface area contributed by atoms with Crippen LogP contribution in [0.5, 0.6) is 0 Å². The molecule has 1 aromatic heterocycles. The van der Waals surface area contributed by atoms with Crippen LogP contribution in [-0.4, -0.2) is 31.5 Å². The molecule has 7 heteroatoms. The van der Waals surface area contributed by atoms with Gasteiger partial charge in [-0.2, -0.15) is 0 Å². The highest BCUT2D eigenvalue weighted by Crippen LogP contribution is 2.10. The number of sulfone groups is 1. The second kappa shape index (κ2) is 4.40. The van der Waals surface area contributed by atoms with Gasteiger partial charge < -0.3 is 4.74 Å². The maximum atomic E-state index is 11.5. The predicted molar refractivity (Wildman–Crippen MR) is 55.5 cm³/mol. The number of hydrogen-bond donors (Lipinski definition) is 0. The number of rotatable bonds is 3. The Labute approximate surface area is 92.9 Å². The number of methoxy groups -OCH3 is 1. The van der Waals surface area contributed by atoms with Crippen molar-refractivity contribution >= 4 is 15.8 Å². The van der Waals surface area contributed by atoms with Crippen LogP contribution in [0.15, 0.2) is 23.1 Å². The standard InChI is InChI=1S/C9H10N2O4S/c1-4-16(13,14)7-5-6(2)10-8(11-7)9(12)15-3/h4-5H,1H2,2-3H3. The van der Waals surface area contributed by atoms with Gasteiger partial charge in [-0.1, -0.05) is 6.58 Å². The zero-order chi connectivity index (χ0) is 12.3. The van der Waals surface area contributed by atoms with Gasteiger partial charge in [0.15, 0.2) is 5.03 Å². The monoisotopic (exact) mass is 242 g/mol. The minimum atomic E-state index is -3.68. The molecule has 0 saturated carbocycles. The van der Waals surface area contributed by atoms with Crippen molar-refractivity contribution in [3.8, 4) is 0 Å². The van der Waals surface area contributed by atoms with Gasteiger partial charge in [0.25, 0.3) is 0 Å². The van der Waals surface area contributed by atoms with Crippen LogP contribution in [0.25, 0.3) is 0 Å². The highest BCUT2D eigenvalue weighted by molar-refractivity contribution is 7.94. The first-order valence-corrected chi connectivity index (χ1v) is 5.77. The van der Waals surface area contributed by atoms with Crippen LogP contribution in [0.2, 0.25) is 0 Å². The number of carbonyl (C=O) groups excluding carboxylic acids is 1. The van der Waals surface area contributed by atoms with E-state index < -0.39 is 15.8 Å². The summed E-state index contributed by atoms with van der Waals surface area (Å²) in [6.07, 6.45) is 0. The zero-order valence-electron chi connectivity index (χ0n) is 8.80. The summed E-state index contributed by atoms with van der Waals surface area (Å²) in [6.45, 7) is 4.72. The smallest absolute Gasteiger partial charge is 0.376 e. The lowest BCUT2D eigenvalue weighted by Gasteiger charge is -2.02. The Morgan fingerprint density at radius 3 is 2.62 bits per heavy atom. The topological polar surface area (TPSA) is 86.2 Å². The third kappa shape index (κ3) is 2.43. The molecule has 0 aliphatic rings. The molecule has 0 bridgehead atoms. The lowest BCUT2D eigenvalue weighted by molar-refractivity contribution is 0.0585. The lowest BCUT2D eigenvalue weighted by atomic mass is 10.4. The predicted octanol–water partition coefficient (Wildman–Crippen LogP) is 0.489. The van der Waals surface area contributed by atoms with Crippen molar-refractivity contribution < 1.29 is 17.9 Å². The van der Waals surface area contributed by atoms with Gasteiger partial charge in [0.05, 0.1) is 7.11 Å². The molecule has 0 spiro atoms. The van der Waals surface area contributed by atoms with Crippen molar-refractivity contribution in [1.82, 2.24) is 9.97 Å². The lowest BCUT2D eigenvalue weighted by Crippen LogP contribution is -2.12. The van der Waals surface area contributed by atoms with E-state index in [1.54, 1.807) is 6.92 Å². The Kier molecular flexibility index (Phi) is 3.38. The highest BCUT2D eigenvalue weighted by atomic mass is 32.2. The van der Waals surface area contributed by atoms with Crippen LogP contribution >= 0.6 is 0 Å². The fourth-order valence-corrected chi connectivity index (χ4v) is 1.67. The van der Waals surface area contributed by atoms with E-state index in [0.29, 0.717) is 5.69 Å². The van der Waals surface area contributed by atoms with E-state index in [1.807, 2.05) is 0 Å². The molecule has 1 heterocycles. The summed E-state index contributed by atoms with van der Waals surface area (Å²) in [6, 6.07) is 1.25. The van der Waals surface area contributed by atoms with Gasteiger partial charge in [0.2, 0.25) is 15.7 Å². The van der Waals surface area contributed by atoms with Gasteiger partial charge >= 0.3 is 5.97 Å². The molecule has 0 radical (unpaired) electrons. The zero-order valence-corrected chi connectivity index (χ0v) is 9.61. The number of esters is 1. The number of aryl methyl sites for hydroxylation is 1. The van der Waals surface area contributed by atoms with Gasteiger partial charge in [-0.25, -0.2) is 23.2 Å². The summed E-state index contributed by atoms with van der Waals surface area (Å²) in [4.78, 5) is 18.5. The molecule has 0 aliphatic heterocycles. The van der Waals surface area contributed by atoms with Crippen LogP contribution in [-0.2, 0) is 14.6 Å². The van der Waals surface area contributed by atoms with Crippen LogP contribution in [0, 0.1) is 6.92 Å². The maximum Gasteiger partial charge on any atom is 0.376 e. The largest absolute Gasteiger partial charge is 0.463 e. The second-order valence-corrected chi connectivity index (χ2v) is 4.72. The molecule has 0 atom stereocenters. The summed E-state index contributed by atoms with van der Waals surface area (Å²) >= 11 is 0. The van der Waals surface area contributed by atoms with Gasteiger partial charge in [0, 0.05) is 11.1 Å². The Bertz CT molecular complexity index is 536. The number of carbonyl (C=O) groups is 1. The SMILES string of the molecule is C=CS(=O)(=O)c1cc(C)nc(C(=O)OC)n1. The van der Waals surface area contributed by atoms with E-state index >= 15 is 0 Å². The maximum absolute atomic E-state index is 11.5. The normalized spacial score (nSPS) is 10.9. The molecule has 86 valence electrons. The summed E-state index contributed by atoms with van der Waals surface area (Å²) in [7, 11) is -2.52. The van der Waals surface area contributed by atoms with Gasteiger partial charge in [-0.05, 0) is 13.0 Å². The summed E-state index contributed by atoms with van der Waals surface area (Å²) in [5.74, 6) is -1.08. The van der Waals surface area contributed by atoms with Crippen LogP contribution in [0.1, 0.15) is 16.3 Å². The van der Waals surface area contributed by atoms with Crippen molar-refractivity contribution in [1.29, 1.82) is 0 Å². The molecule has 0 unspecified atom stereocenters. The number of nitrogens with zero attached hydrogens (tertiary/aromatic N) is 2. The van der Waals surface area contributed by atoms with E-state index in [1.165, 1.54) is 6.07 Å². The van der Waals surface area contributed by atoms with Crippen LogP contribution in [0.3, 0.4) is 0 Å². The van der Waals surface area contributed by atoms with Crippen LogP contribution < -0.4 is 0 Å². The minimum absolute atomic E-state index is 0.268. The van der Waals surface area contributed by atoms with Gasteiger partial charge in [-0.3, -0.25) is 0 Å². The molecule has 0 saturated heterocycles. The fraction of sp³-hybridized carbons (Fsp3) is 0.222. The Morgan fingerprint density at radius 1 is 1.50 bits per heavy atom. The molecule has 6 nitrogen and oxygen atoms in total. The Balaban J connectivity index is 3.40. The van der Waals surface area contributed by atoms with E-state index in [-0.39, 0.29) is 10.9 Å². The first-order valence-electron chi connectivity index (χ1n) is 4.22. The average Bonchev–Trinajstić information content (AvgIpc) is 2.27. The van der Waals surface area contributed by atoms with E-state index in [4.69, 9.17) is 0 Å². The summed E-state index contributed by atoms with van der Waals surface area (Å²) in [5, 5.41) is 0.492. The molecule has 0 aliphatic carbocycles. The molecule has 0 aromatic carbocycles. The quantitative estimate of drug-likeness (QED) is 0.566. The van der Waals surface area contributed by atoms with Gasteiger partial charge in [0.1, 0.15) is 0 Å². The van der Waals surface area contributed by atoms with Crippen molar-refractivity contribution in [2.75, 3.05) is 7.11 Å². The molecule has 1 aromatic rings. The van der Waals surface area contributed by atoms with Crippen molar-refractivity contribution in [3.63, 3.8) is 0 Å². The summed E-state index contributed by atoms with van der Waals surface area (Å²) in [5.41, 5.74) is 0.357. The van der Waals surface area contributed by atoms with Crippen molar-refractivity contribution in [2.45, 2.75) is 11.9 Å². The second-order valence-electron chi connectivity index (χ2n) is 2.87. The molecule has 0 fully saturated rings. The highest BCUT2D eigenvalue weighted by Gasteiger charge is 2.17. The Morgan fingerprint density at radius 2 is 2.12 bits per heavy atom. The molecule has 0 N–H and O–H groups in total. The Hall–Kier alpha value is -1.76. The summed E-state index contributed by atoms with van der Waals surface area (Å²) < 4.78 is 27.3.